The first-order valence-corrected chi connectivity index (χ1v) is 7.84. The lowest BCUT2D eigenvalue weighted by atomic mass is 10.1. The summed E-state index contributed by atoms with van der Waals surface area (Å²) in [5, 5.41) is 12.7. The Morgan fingerprint density at radius 2 is 2.17 bits per heavy atom. The Kier molecular flexibility index (Phi) is 4.77. The maximum absolute atomic E-state index is 12.2. The summed E-state index contributed by atoms with van der Waals surface area (Å²) in [5.74, 6) is -0.0792. The number of nitrogens with one attached hydrogen (secondary N) is 1. The Bertz CT molecular complexity index is 742. The Labute approximate surface area is 140 Å². The third kappa shape index (κ3) is 3.09. The molecular weight excluding hydrogens is 308 g/mol. The summed E-state index contributed by atoms with van der Waals surface area (Å²) in [6, 6.07) is 9.47. The summed E-state index contributed by atoms with van der Waals surface area (Å²) in [5.41, 5.74) is 1.83. The summed E-state index contributed by atoms with van der Waals surface area (Å²) < 4.78 is 10.4. The number of rotatable bonds is 2. The van der Waals surface area contributed by atoms with Gasteiger partial charge in [-0.25, -0.2) is 9.79 Å². The lowest BCUT2D eigenvalue weighted by Gasteiger charge is -2.33. The fraction of sp³-hybridized carbons (Fsp3) is 0.353. The lowest BCUT2D eigenvalue weighted by Crippen LogP contribution is -2.44. The molecule has 3 rings (SSSR count). The highest BCUT2D eigenvalue weighted by molar-refractivity contribution is 6.12. The molecule has 24 heavy (non-hydrogen) atoms. The number of carbonyl (C=O) groups is 1. The van der Waals surface area contributed by atoms with Crippen molar-refractivity contribution in [3.63, 3.8) is 0 Å². The van der Waals surface area contributed by atoms with E-state index in [1.54, 1.807) is 6.92 Å². The van der Waals surface area contributed by atoms with Gasteiger partial charge >= 0.3 is 5.97 Å². The number of carbonyl (C=O) groups excluding carboxylic acids is 1. The second kappa shape index (κ2) is 7.15. The van der Waals surface area contributed by atoms with E-state index in [-0.39, 0.29) is 12.2 Å². The van der Waals surface area contributed by atoms with E-state index in [2.05, 4.69) is 10.3 Å². The molecule has 0 radical (unpaired) electrons. The summed E-state index contributed by atoms with van der Waals surface area (Å²) >= 11 is 0. The van der Waals surface area contributed by atoms with Gasteiger partial charge < -0.3 is 19.7 Å². The maximum Gasteiger partial charge on any atom is 0.351 e. The molecule has 1 aromatic carbocycles. The highest BCUT2D eigenvalue weighted by atomic mass is 16.5. The number of morpholine rings is 1. The van der Waals surface area contributed by atoms with Crippen LogP contribution < -0.4 is 5.32 Å². The van der Waals surface area contributed by atoms with Gasteiger partial charge in [0.1, 0.15) is 11.8 Å². The highest BCUT2D eigenvalue weighted by Crippen LogP contribution is 2.32. The SMILES string of the molecule is CCOC(=O)C(C#N)=C1Nc2ccccc2N=C1N1CCOCC1. The van der Waals surface area contributed by atoms with Gasteiger partial charge in [0.15, 0.2) is 11.4 Å². The number of para-hydroxylation sites is 2. The van der Waals surface area contributed by atoms with Crippen LogP contribution in [-0.2, 0) is 14.3 Å². The van der Waals surface area contributed by atoms with E-state index in [1.807, 2.05) is 35.2 Å². The number of aliphatic imine (C=N–C) groups is 1. The molecule has 0 unspecified atom stereocenters. The van der Waals surface area contributed by atoms with E-state index in [4.69, 9.17) is 9.47 Å². The molecule has 0 aromatic heterocycles. The van der Waals surface area contributed by atoms with E-state index in [0.29, 0.717) is 37.8 Å². The second-order valence-corrected chi connectivity index (χ2v) is 5.26. The predicted octanol–water partition coefficient (Wildman–Crippen LogP) is 1.82. The number of anilines is 1. The average molecular weight is 326 g/mol. The minimum absolute atomic E-state index is 0.0726. The molecule has 2 aliphatic heterocycles. The van der Waals surface area contributed by atoms with Crippen molar-refractivity contribution in [3.8, 4) is 6.07 Å². The van der Waals surface area contributed by atoms with Gasteiger partial charge in [-0.1, -0.05) is 12.1 Å². The minimum atomic E-state index is -0.650. The first kappa shape index (κ1) is 16.0. The van der Waals surface area contributed by atoms with Gasteiger partial charge in [-0.15, -0.1) is 0 Å². The minimum Gasteiger partial charge on any atom is -0.462 e. The second-order valence-electron chi connectivity index (χ2n) is 5.26. The van der Waals surface area contributed by atoms with Crippen molar-refractivity contribution in [2.75, 3.05) is 38.2 Å². The quantitative estimate of drug-likeness (QED) is 0.507. The third-order valence-electron chi connectivity index (χ3n) is 3.77. The van der Waals surface area contributed by atoms with Crippen LogP contribution in [0.15, 0.2) is 40.5 Å². The number of amidine groups is 1. The van der Waals surface area contributed by atoms with Crippen LogP contribution >= 0.6 is 0 Å². The number of esters is 1. The smallest absolute Gasteiger partial charge is 0.351 e. The molecule has 1 saturated heterocycles. The molecule has 7 nitrogen and oxygen atoms in total. The van der Waals surface area contributed by atoms with Crippen LogP contribution in [0.5, 0.6) is 0 Å². The average Bonchev–Trinajstić information content (AvgIpc) is 2.63. The number of hydrogen-bond donors (Lipinski definition) is 1. The number of nitrogens with zero attached hydrogens (tertiary/aromatic N) is 3. The highest BCUT2D eigenvalue weighted by Gasteiger charge is 2.29. The van der Waals surface area contributed by atoms with Gasteiger partial charge in [-0.2, -0.15) is 5.26 Å². The molecule has 1 N–H and O–H groups in total. The molecule has 0 bridgehead atoms. The molecule has 124 valence electrons. The van der Waals surface area contributed by atoms with Crippen molar-refractivity contribution in [2.45, 2.75) is 6.92 Å². The van der Waals surface area contributed by atoms with Crippen LogP contribution in [0.1, 0.15) is 6.92 Å². The van der Waals surface area contributed by atoms with E-state index in [1.165, 1.54) is 0 Å². The van der Waals surface area contributed by atoms with Crippen molar-refractivity contribution in [1.29, 1.82) is 5.26 Å². The Morgan fingerprint density at radius 1 is 1.42 bits per heavy atom. The number of nitriles is 1. The standard InChI is InChI=1S/C17H18N4O3/c1-2-24-17(22)12(11-18)15-16(21-7-9-23-10-8-21)20-14-6-4-3-5-13(14)19-15/h3-6,19H,2,7-10H2,1H3. The van der Waals surface area contributed by atoms with Gasteiger partial charge in [-0.3, -0.25) is 0 Å². The summed E-state index contributed by atoms with van der Waals surface area (Å²) in [6.07, 6.45) is 0. The molecule has 0 atom stereocenters. The van der Waals surface area contributed by atoms with E-state index in [0.717, 1.165) is 11.4 Å². The Morgan fingerprint density at radius 3 is 2.88 bits per heavy atom. The summed E-state index contributed by atoms with van der Waals surface area (Å²) in [4.78, 5) is 18.9. The van der Waals surface area contributed by atoms with Crippen LogP contribution in [0.3, 0.4) is 0 Å². The monoisotopic (exact) mass is 326 g/mol. The van der Waals surface area contributed by atoms with Crippen molar-refractivity contribution in [1.82, 2.24) is 4.90 Å². The Balaban J connectivity index is 2.09. The summed E-state index contributed by atoms with van der Waals surface area (Å²) in [6.45, 7) is 4.36. The normalized spacial score (nSPS) is 18.7. The van der Waals surface area contributed by atoms with Gasteiger partial charge in [-0.05, 0) is 19.1 Å². The number of fused-ring (bicyclic) bond motifs is 1. The van der Waals surface area contributed by atoms with Crippen molar-refractivity contribution < 1.29 is 14.3 Å². The zero-order valence-electron chi connectivity index (χ0n) is 13.4. The van der Waals surface area contributed by atoms with Crippen LogP contribution in [-0.4, -0.2) is 49.6 Å². The third-order valence-corrected chi connectivity index (χ3v) is 3.77. The van der Waals surface area contributed by atoms with E-state index >= 15 is 0 Å². The van der Waals surface area contributed by atoms with Crippen LogP contribution in [0.4, 0.5) is 11.4 Å². The number of hydrogen-bond acceptors (Lipinski definition) is 7. The fourth-order valence-corrected chi connectivity index (χ4v) is 2.62. The zero-order chi connectivity index (χ0) is 16.9. The molecule has 0 spiro atoms. The number of benzene rings is 1. The van der Waals surface area contributed by atoms with Gasteiger partial charge in [0.05, 0.1) is 31.2 Å². The first-order chi connectivity index (χ1) is 11.7. The Hall–Kier alpha value is -2.85. The summed E-state index contributed by atoms with van der Waals surface area (Å²) in [7, 11) is 0. The lowest BCUT2D eigenvalue weighted by molar-refractivity contribution is -0.138. The number of ether oxygens (including phenoxy) is 2. The van der Waals surface area contributed by atoms with Crippen LogP contribution in [0.25, 0.3) is 0 Å². The molecular formula is C17H18N4O3. The molecule has 1 aromatic rings. The maximum atomic E-state index is 12.2. The van der Waals surface area contributed by atoms with Crippen molar-refractivity contribution >= 4 is 23.2 Å². The predicted molar refractivity (Wildman–Crippen MR) is 88.8 cm³/mol. The van der Waals surface area contributed by atoms with Crippen LogP contribution in [0.2, 0.25) is 0 Å². The molecule has 0 aliphatic carbocycles. The van der Waals surface area contributed by atoms with Gasteiger partial charge in [0.25, 0.3) is 0 Å². The van der Waals surface area contributed by atoms with Crippen LogP contribution in [0, 0.1) is 11.3 Å². The zero-order valence-corrected chi connectivity index (χ0v) is 13.4. The molecule has 0 saturated carbocycles. The topological polar surface area (TPSA) is 87.0 Å². The van der Waals surface area contributed by atoms with Crippen molar-refractivity contribution in [3.05, 3.63) is 35.5 Å². The molecule has 2 aliphatic rings. The molecule has 2 heterocycles. The van der Waals surface area contributed by atoms with Crippen molar-refractivity contribution in [2.24, 2.45) is 4.99 Å². The van der Waals surface area contributed by atoms with Gasteiger partial charge in [0, 0.05) is 13.1 Å². The molecule has 0 amide bonds. The van der Waals surface area contributed by atoms with Gasteiger partial charge in [0.2, 0.25) is 0 Å². The first-order valence-electron chi connectivity index (χ1n) is 7.84. The molecule has 1 fully saturated rings. The van der Waals surface area contributed by atoms with E-state index in [9.17, 15) is 10.1 Å². The largest absolute Gasteiger partial charge is 0.462 e. The fourth-order valence-electron chi connectivity index (χ4n) is 2.62. The molecule has 7 heteroatoms. The van der Waals surface area contributed by atoms with E-state index < -0.39 is 5.97 Å².